The second-order valence-corrected chi connectivity index (χ2v) is 20.8. The topological polar surface area (TPSA) is 194 Å². The van der Waals surface area contributed by atoms with Crippen LogP contribution < -0.4 is 20.7 Å². The van der Waals surface area contributed by atoms with Gasteiger partial charge in [0.1, 0.15) is 34.8 Å². The summed E-state index contributed by atoms with van der Waals surface area (Å²) in [5, 5.41) is 18.5. The van der Waals surface area contributed by atoms with Crippen molar-refractivity contribution in [3.63, 3.8) is 0 Å². The average molecular weight is 1080 g/mol. The Hall–Kier alpha value is -5.96. The van der Waals surface area contributed by atoms with Gasteiger partial charge in [0.2, 0.25) is 17.7 Å². The predicted octanol–water partition coefficient (Wildman–Crippen LogP) is 8.99. The molecule has 2 fully saturated rings. The number of aliphatic carboxylic acids is 1. The van der Waals surface area contributed by atoms with Crippen LogP contribution >= 0.6 is 23.2 Å². The van der Waals surface area contributed by atoms with E-state index >= 15 is 4.39 Å². The standard InChI is InChI=1S/C52H63Cl2F4N7O9/c1-31(46(68)61-41(29-72-6)47(69)62-51(24-32-11-15-35(53)16-12-32)19-8-20-64(30-51)48(70)34(21-45(66)67)25-52(56,57)58)59-26-39-40(55)22-36(54)23-43(39)73-38-17-13-33(14-18-38)42-27-60-44(63(42)5)28-65(37-9-7-10-37)49(71)74-50(2,3)4/h11-18,22-23,27,31,34,37,41,59H,7-10,19-21,24-26,28-30H2,1-6H3,(H,61,68)(H,62,69)(H,66,67)/t31-,34-,41-,51+/m0/s1. The monoisotopic (exact) mass is 1080 g/mol. The summed E-state index contributed by atoms with van der Waals surface area (Å²) in [7, 11) is 3.18. The van der Waals surface area contributed by atoms with E-state index in [9.17, 15) is 42.3 Å². The summed E-state index contributed by atoms with van der Waals surface area (Å²) in [5.41, 5.74) is 0.363. The second kappa shape index (κ2) is 24.6. The molecule has 4 amide bonds. The van der Waals surface area contributed by atoms with Gasteiger partial charge in [-0.05, 0) is 120 Å². The maximum Gasteiger partial charge on any atom is 0.410 e. The molecular weight excluding hydrogens is 1010 g/mol. The van der Waals surface area contributed by atoms with Crippen LogP contribution in [0.25, 0.3) is 11.3 Å². The van der Waals surface area contributed by atoms with E-state index in [4.69, 9.17) is 37.4 Å². The van der Waals surface area contributed by atoms with Crippen molar-refractivity contribution >= 4 is 53.0 Å². The first kappa shape index (κ1) is 57.3. The van der Waals surface area contributed by atoms with Gasteiger partial charge in [-0.25, -0.2) is 14.2 Å². The summed E-state index contributed by atoms with van der Waals surface area (Å²) < 4.78 is 75.4. The van der Waals surface area contributed by atoms with Gasteiger partial charge in [0.15, 0.2) is 0 Å². The van der Waals surface area contributed by atoms with Crippen LogP contribution in [0.15, 0.2) is 66.9 Å². The quantitative estimate of drug-likeness (QED) is 0.0582. The molecule has 0 unspecified atom stereocenters. The van der Waals surface area contributed by atoms with Crippen LogP contribution in [-0.2, 0) is 55.2 Å². The lowest BCUT2D eigenvalue weighted by Gasteiger charge is -2.45. The van der Waals surface area contributed by atoms with Gasteiger partial charge in [-0.1, -0.05) is 35.3 Å². The number of piperidine rings is 1. The van der Waals surface area contributed by atoms with Crippen LogP contribution in [0.5, 0.6) is 11.5 Å². The zero-order valence-electron chi connectivity index (χ0n) is 42.1. The highest BCUT2D eigenvalue weighted by molar-refractivity contribution is 6.31. The fourth-order valence-corrected chi connectivity index (χ4v) is 9.30. The minimum atomic E-state index is -4.81. The molecule has 0 spiro atoms. The van der Waals surface area contributed by atoms with Gasteiger partial charge in [-0.3, -0.25) is 24.1 Å². The zero-order chi connectivity index (χ0) is 54.1. The molecule has 22 heteroatoms. The number of carbonyl (C=O) groups excluding carboxylic acids is 4. The summed E-state index contributed by atoms with van der Waals surface area (Å²) in [5.74, 6) is -5.49. The van der Waals surface area contributed by atoms with Crippen molar-refractivity contribution in [2.24, 2.45) is 13.0 Å². The van der Waals surface area contributed by atoms with E-state index in [0.717, 1.165) is 41.5 Å². The Balaban J connectivity index is 1.12. The lowest BCUT2D eigenvalue weighted by Crippen LogP contribution is -2.65. The number of carbonyl (C=O) groups is 5. The Kier molecular flexibility index (Phi) is 19.0. The number of imidazole rings is 1. The number of hydrogen-bond acceptors (Lipinski definition) is 10. The van der Waals surface area contributed by atoms with E-state index < -0.39 is 77.7 Å². The highest BCUT2D eigenvalue weighted by atomic mass is 35.5. The third-order valence-corrected chi connectivity index (χ3v) is 13.4. The van der Waals surface area contributed by atoms with E-state index in [1.54, 1.807) is 47.5 Å². The Morgan fingerprint density at radius 1 is 0.973 bits per heavy atom. The molecule has 1 aliphatic carbocycles. The first-order valence-electron chi connectivity index (χ1n) is 24.3. The molecule has 4 atom stereocenters. The normalized spacial score (nSPS) is 17.4. The molecule has 4 aromatic rings. The Morgan fingerprint density at radius 3 is 2.27 bits per heavy atom. The van der Waals surface area contributed by atoms with Crippen LogP contribution in [0.4, 0.5) is 22.4 Å². The van der Waals surface area contributed by atoms with Gasteiger partial charge in [-0.15, -0.1) is 0 Å². The van der Waals surface area contributed by atoms with E-state index in [-0.39, 0.29) is 80.5 Å². The Bertz CT molecular complexity index is 2630. The number of nitrogens with one attached hydrogen (secondary N) is 3. The molecule has 74 heavy (non-hydrogen) atoms. The number of methoxy groups -OCH3 is 1. The number of rotatable bonds is 21. The molecule has 4 N–H and O–H groups in total. The van der Waals surface area contributed by atoms with Gasteiger partial charge in [0.05, 0.1) is 55.4 Å². The fourth-order valence-electron chi connectivity index (χ4n) is 8.98. The van der Waals surface area contributed by atoms with Gasteiger partial charge >= 0.3 is 18.2 Å². The van der Waals surface area contributed by atoms with Crippen molar-refractivity contribution in [1.82, 2.24) is 35.3 Å². The van der Waals surface area contributed by atoms with Gasteiger partial charge in [-0.2, -0.15) is 13.2 Å². The molecule has 0 radical (unpaired) electrons. The molecule has 2 aliphatic rings. The highest BCUT2D eigenvalue weighted by Gasteiger charge is 2.44. The van der Waals surface area contributed by atoms with Crippen molar-refractivity contribution in [2.45, 2.75) is 128 Å². The Morgan fingerprint density at radius 2 is 1.66 bits per heavy atom. The molecular formula is C52H63Cl2F4N7O9. The van der Waals surface area contributed by atoms with Crippen molar-refractivity contribution in [2.75, 3.05) is 26.8 Å². The summed E-state index contributed by atoms with van der Waals surface area (Å²) in [6.07, 6.45) is -2.72. The molecule has 1 saturated carbocycles. The number of aromatic nitrogens is 2. The molecule has 3 aromatic carbocycles. The molecule has 16 nitrogen and oxygen atoms in total. The summed E-state index contributed by atoms with van der Waals surface area (Å²) >= 11 is 12.4. The van der Waals surface area contributed by atoms with Crippen LogP contribution in [0.2, 0.25) is 10.0 Å². The number of amides is 4. The number of nitrogens with zero attached hydrogens (tertiary/aromatic N) is 4. The van der Waals surface area contributed by atoms with E-state index in [0.29, 0.717) is 22.2 Å². The number of benzene rings is 3. The third-order valence-electron chi connectivity index (χ3n) is 13.0. The highest BCUT2D eigenvalue weighted by Crippen LogP contribution is 2.35. The lowest BCUT2D eigenvalue weighted by molar-refractivity contribution is -0.164. The number of ether oxygens (including phenoxy) is 3. The van der Waals surface area contributed by atoms with Crippen molar-refractivity contribution in [3.8, 4) is 22.8 Å². The largest absolute Gasteiger partial charge is 0.481 e. The average Bonchev–Trinajstić information content (AvgIpc) is 3.65. The van der Waals surface area contributed by atoms with E-state index in [1.165, 1.54) is 20.1 Å². The number of halogens is 6. The molecule has 2 heterocycles. The Labute approximate surface area is 437 Å². The molecule has 6 rings (SSSR count). The molecule has 1 saturated heterocycles. The van der Waals surface area contributed by atoms with Crippen LogP contribution in [0.3, 0.4) is 0 Å². The zero-order valence-corrected chi connectivity index (χ0v) is 43.6. The molecule has 0 bridgehead atoms. The van der Waals surface area contributed by atoms with Gasteiger partial charge in [0.25, 0.3) is 0 Å². The fraction of sp³-hybridized carbons (Fsp3) is 0.500. The van der Waals surface area contributed by atoms with Crippen molar-refractivity contribution in [1.29, 1.82) is 0 Å². The van der Waals surface area contributed by atoms with E-state index in [2.05, 4.69) is 20.9 Å². The number of likely N-dealkylation sites (tertiary alicyclic amines) is 1. The summed E-state index contributed by atoms with van der Waals surface area (Å²) in [4.78, 5) is 73.8. The lowest BCUT2D eigenvalue weighted by atomic mass is 9.82. The number of hydrogen-bond donors (Lipinski definition) is 4. The summed E-state index contributed by atoms with van der Waals surface area (Å²) in [6.45, 7) is 6.49. The SMILES string of the molecule is COC[C@H](NC(=O)[C@H](C)NCc1c(F)cc(Cl)cc1Oc1ccc(-c2cnc(CN(C(=O)OC(C)(C)C)C3CCC3)n2C)cc1)C(=O)N[C@@]1(Cc2ccc(Cl)cc2)CCCN(C(=O)[C@@H](CC(=O)O)CC(F)(F)F)C1. The first-order valence-corrected chi connectivity index (χ1v) is 25.0. The number of alkyl halides is 3. The van der Waals surface area contributed by atoms with Crippen LogP contribution in [0.1, 0.15) is 89.6 Å². The maximum absolute atomic E-state index is 15.7. The predicted molar refractivity (Wildman–Crippen MR) is 268 cm³/mol. The van der Waals surface area contributed by atoms with Gasteiger partial charge < -0.3 is 44.7 Å². The second-order valence-electron chi connectivity index (χ2n) is 20.0. The van der Waals surface area contributed by atoms with Crippen LogP contribution in [-0.4, -0.2) is 116 Å². The van der Waals surface area contributed by atoms with Gasteiger partial charge in [0, 0.05) is 61.0 Å². The molecule has 1 aliphatic heterocycles. The van der Waals surface area contributed by atoms with Crippen molar-refractivity contribution in [3.05, 3.63) is 99.7 Å². The summed E-state index contributed by atoms with van der Waals surface area (Å²) in [6, 6.07) is 13.9. The van der Waals surface area contributed by atoms with Crippen LogP contribution in [0, 0.1) is 11.7 Å². The number of carboxylic acid groups (broad SMARTS) is 1. The molecule has 1 aromatic heterocycles. The minimum Gasteiger partial charge on any atom is -0.481 e. The third kappa shape index (κ3) is 15.8. The first-order chi connectivity index (χ1) is 34.8. The smallest absolute Gasteiger partial charge is 0.410 e. The van der Waals surface area contributed by atoms with Crippen molar-refractivity contribution < 1.29 is 60.9 Å². The van der Waals surface area contributed by atoms with E-state index in [1.807, 2.05) is 44.5 Å². The maximum atomic E-state index is 15.7. The minimum absolute atomic E-state index is 0.0207. The number of carboxylic acids is 1. The molecule has 402 valence electrons.